The highest BCUT2D eigenvalue weighted by atomic mass is 79.9. The van der Waals surface area contributed by atoms with E-state index in [9.17, 15) is 10.1 Å². The molecule has 0 saturated heterocycles. The Labute approximate surface area is 189 Å². The van der Waals surface area contributed by atoms with E-state index in [1.165, 1.54) is 6.08 Å². The number of hydrogen-bond donors (Lipinski definition) is 1. The lowest BCUT2D eigenvalue weighted by Crippen LogP contribution is -2.17. The zero-order chi connectivity index (χ0) is 22.4. The quantitative estimate of drug-likeness (QED) is 0.439. The minimum Gasteiger partial charge on any atom is -0.490 e. The first-order valence-electron chi connectivity index (χ1n) is 9.87. The van der Waals surface area contributed by atoms with Gasteiger partial charge in [-0.15, -0.1) is 0 Å². The molecular weight excluding hydrogens is 464 g/mol. The number of nitrogens with one attached hydrogen (secondary N) is 1. The summed E-state index contributed by atoms with van der Waals surface area (Å²) in [5.41, 5.74) is 1.06. The summed E-state index contributed by atoms with van der Waals surface area (Å²) in [7, 11) is 0. The lowest BCUT2D eigenvalue weighted by Gasteiger charge is -2.19. The molecule has 0 atom stereocenters. The van der Waals surface area contributed by atoms with Crippen LogP contribution in [0, 0.1) is 11.3 Å². The highest BCUT2D eigenvalue weighted by Gasteiger charge is 2.16. The van der Waals surface area contributed by atoms with Crippen molar-refractivity contribution in [3.05, 3.63) is 45.9 Å². The zero-order valence-corrected chi connectivity index (χ0v) is 19.1. The van der Waals surface area contributed by atoms with Crippen LogP contribution in [0.25, 0.3) is 6.08 Å². The lowest BCUT2D eigenvalue weighted by atomic mass is 10.1. The summed E-state index contributed by atoms with van der Waals surface area (Å²) in [6.45, 7) is 7.11. The Morgan fingerprint density at radius 3 is 2.65 bits per heavy atom. The Morgan fingerprint density at radius 2 is 1.97 bits per heavy atom. The zero-order valence-electron chi connectivity index (χ0n) is 17.5. The molecule has 1 amide bonds. The Balaban J connectivity index is 1.85. The Morgan fingerprint density at radius 1 is 1.23 bits per heavy atom. The summed E-state index contributed by atoms with van der Waals surface area (Å²) < 4.78 is 23.2. The molecule has 0 bridgehead atoms. The van der Waals surface area contributed by atoms with Crippen molar-refractivity contribution in [3.8, 4) is 29.1 Å². The molecule has 2 aromatic rings. The summed E-state index contributed by atoms with van der Waals surface area (Å²) in [6, 6.07) is 10.5. The van der Waals surface area contributed by atoms with Gasteiger partial charge in [-0.1, -0.05) is 15.9 Å². The summed E-state index contributed by atoms with van der Waals surface area (Å²) in [4.78, 5) is 12.7. The van der Waals surface area contributed by atoms with Gasteiger partial charge in [0.2, 0.25) is 0 Å². The molecule has 1 aliphatic heterocycles. The molecule has 0 aliphatic carbocycles. The van der Waals surface area contributed by atoms with Crippen LogP contribution in [0.4, 0.5) is 5.69 Å². The molecule has 1 N–H and O–H groups in total. The first kappa shape index (κ1) is 22.5. The van der Waals surface area contributed by atoms with E-state index < -0.39 is 5.91 Å². The standard InChI is InChI=1S/C23H23BrN2O5/c1-4-28-20-10-15(18(24)12-22(20)31-14(2)3)9-16(13-25)23(27)26-17-5-6-19-21(11-17)30-8-7-29-19/h5-6,9-12,14H,4,7-8H2,1-3H3,(H,26,27). The second-order valence-corrected chi connectivity index (χ2v) is 7.76. The number of rotatable bonds is 7. The number of carbonyl (C=O) groups excluding carboxylic acids is 1. The van der Waals surface area contributed by atoms with Gasteiger partial charge in [-0.3, -0.25) is 4.79 Å². The van der Waals surface area contributed by atoms with Crippen LogP contribution in [0.15, 0.2) is 40.4 Å². The molecule has 0 spiro atoms. The molecule has 0 saturated carbocycles. The smallest absolute Gasteiger partial charge is 0.266 e. The van der Waals surface area contributed by atoms with Gasteiger partial charge in [-0.2, -0.15) is 5.26 Å². The van der Waals surface area contributed by atoms with Crippen molar-refractivity contribution in [1.82, 2.24) is 0 Å². The van der Waals surface area contributed by atoms with Gasteiger partial charge in [0, 0.05) is 16.2 Å². The fourth-order valence-electron chi connectivity index (χ4n) is 2.90. The van der Waals surface area contributed by atoms with Gasteiger partial charge >= 0.3 is 0 Å². The molecular formula is C23H23BrN2O5. The molecule has 3 rings (SSSR count). The van der Waals surface area contributed by atoms with Gasteiger partial charge in [0.1, 0.15) is 24.9 Å². The first-order valence-corrected chi connectivity index (χ1v) is 10.7. The van der Waals surface area contributed by atoms with Gasteiger partial charge in [0.05, 0.1) is 12.7 Å². The molecule has 1 aliphatic rings. The third-order valence-electron chi connectivity index (χ3n) is 4.19. The molecule has 0 unspecified atom stereocenters. The predicted molar refractivity (Wildman–Crippen MR) is 121 cm³/mol. The van der Waals surface area contributed by atoms with Gasteiger partial charge in [0.25, 0.3) is 5.91 Å². The van der Waals surface area contributed by atoms with Crippen molar-refractivity contribution in [2.45, 2.75) is 26.9 Å². The largest absolute Gasteiger partial charge is 0.490 e. The van der Waals surface area contributed by atoms with Gasteiger partial charge < -0.3 is 24.3 Å². The minimum atomic E-state index is -0.536. The molecule has 0 aromatic heterocycles. The summed E-state index contributed by atoms with van der Waals surface area (Å²) in [6.07, 6.45) is 1.47. The average Bonchev–Trinajstić information content (AvgIpc) is 2.74. The predicted octanol–water partition coefficient (Wildman–Crippen LogP) is 4.95. The highest BCUT2D eigenvalue weighted by molar-refractivity contribution is 9.10. The van der Waals surface area contributed by atoms with Gasteiger partial charge in [-0.05, 0) is 56.7 Å². The molecule has 0 radical (unpaired) electrons. The maximum atomic E-state index is 12.7. The minimum absolute atomic E-state index is 0.0288. The molecule has 31 heavy (non-hydrogen) atoms. The summed E-state index contributed by atoms with van der Waals surface area (Å²) in [5, 5.41) is 12.3. The fraction of sp³-hybridized carbons (Fsp3) is 0.304. The Bertz CT molecular complexity index is 1040. The number of amides is 1. The van der Waals surface area contributed by atoms with Crippen LogP contribution >= 0.6 is 15.9 Å². The number of halogens is 1. The highest BCUT2D eigenvalue weighted by Crippen LogP contribution is 2.36. The maximum absolute atomic E-state index is 12.7. The second kappa shape index (κ2) is 10.2. The van der Waals surface area contributed by atoms with E-state index >= 15 is 0 Å². The lowest BCUT2D eigenvalue weighted by molar-refractivity contribution is -0.112. The first-order chi connectivity index (χ1) is 14.9. The number of ether oxygens (including phenoxy) is 4. The van der Waals surface area contributed by atoms with Crippen LogP contribution in [0.2, 0.25) is 0 Å². The Hall–Kier alpha value is -3.18. The molecule has 162 valence electrons. The van der Waals surface area contributed by atoms with E-state index in [4.69, 9.17) is 18.9 Å². The van der Waals surface area contributed by atoms with Crippen molar-refractivity contribution in [3.63, 3.8) is 0 Å². The maximum Gasteiger partial charge on any atom is 0.266 e. The molecule has 8 heteroatoms. The Kier molecular flexibility index (Phi) is 7.42. The summed E-state index contributed by atoms with van der Waals surface area (Å²) in [5.74, 6) is 1.76. The SMILES string of the molecule is CCOc1cc(C=C(C#N)C(=O)Nc2ccc3c(c2)OCCO3)c(Br)cc1OC(C)C. The fourth-order valence-corrected chi connectivity index (χ4v) is 3.34. The third-order valence-corrected chi connectivity index (χ3v) is 4.88. The van der Waals surface area contributed by atoms with Crippen molar-refractivity contribution in [1.29, 1.82) is 5.26 Å². The van der Waals surface area contributed by atoms with Gasteiger partial charge in [0.15, 0.2) is 23.0 Å². The number of nitrogens with zero attached hydrogens (tertiary/aromatic N) is 1. The number of benzene rings is 2. The third kappa shape index (κ3) is 5.70. The number of nitriles is 1. The van der Waals surface area contributed by atoms with E-state index in [1.807, 2.05) is 26.8 Å². The number of hydrogen-bond acceptors (Lipinski definition) is 6. The monoisotopic (exact) mass is 486 g/mol. The molecule has 1 heterocycles. The van der Waals surface area contributed by atoms with Crippen molar-refractivity contribution in [2.75, 3.05) is 25.1 Å². The number of anilines is 1. The van der Waals surface area contributed by atoms with Crippen molar-refractivity contribution < 1.29 is 23.7 Å². The number of carbonyl (C=O) groups is 1. The van der Waals surface area contributed by atoms with E-state index in [-0.39, 0.29) is 11.7 Å². The number of fused-ring (bicyclic) bond motifs is 1. The van der Waals surface area contributed by atoms with Crippen molar-refractivity contribution >= 4 is 33.6 Å². The van der Waals surface area contributed by atoms with E-state index in [1.54, 1.807) is 30.3 Å². The van der Waals surface area contributed by atoms with Crippen LogP contribution < -0.4 is 24.3 Å². The van der Waals surface area contributed by atoms with Crippen LogP contribution in [-0.4, -0.2) is 31.8 Å². The van der Waals surface area contributed by atoms with E-state index in [0.717, 1.165) is 0 Å². The average molecular weight is 487 g/mol. The molecule has 2 aromatic carbocycles. The topological polar surface area (TPSA) is 89.8 Å². The van der Waals surface area contributed by atoms with E-state index in [2.05, 4.69) is 21.2 Å². The molecule has 7 nitrogen and oxygen atoms in total. The van der Waals surface area contributed by atoms with Crippen LogP contribution in [-0.2, 0) is 4.79 Å². The second-order valence-electron chi connectivity index (χ2n) is 6.90. The van der Waals surface area contributed by atoms with Crippen LogP contribution in [0.1, 0.15) is 26.3 Å². The van der Waals surface area contributed by atoms with Crippen LogP contribution in [0.3, 0.4) is 0 Å². The van der Waals surface area contributed by atoms with Crippen LogP contribution in [0.5, 0.6) is 23.0 Å². The van der Waals surface area contributed by atoms with E-state index in [0.29, 0.717) is 58.5 Å². The summed E-state index contributed by atoms with van der Waals surface area (Å²) >= 11 is 3.49. The van der Waals surface area contributed by atoms with Gasteiger partial charge in [-0.25, -0.2) is 0 Å². The molecule has 0 fully saturated rings. The van der Waals surface area contributed by atoms with Crippen molar-refractivity contribution in [2.24, 2.45) is 0 Å². The normalized spacial score (nSPS) is 12.8.